The van der Waals surface area contributed by atoms with Crippen LogP contribution in [0.4, 0.5) is 17.1 Å². The lowest BCUT2D eigenvalue weighted by atomic mass is 10.2. The van der Waals surface area contributed by atoms with E-state index in [0.29, 0.717) is 45.3 Å². The van der Waals surface area contributed by atoms with Gasteiger partial charge in [-0.1, -0.05) is 0 Å². The van der Waals surface area contributed by atoms with Crippen molar-refractivity contribution in [2.24, 2.45) is 0 Å². The van der Waals surface area contributed by atoms with Gasteiger partial charge in [0.25, 0.3) is 11.8 Å². The first kappa shape index (κ1) is 41.8. The van der Waals surface area contributed by atoms with Crippen molar-refractivity contribution in [1.29, 1.82) is 0 Å². The number of aromatic carboxylic acids is 1. The Balaban J connectivity index is 0.000000211. The molecule has 0 atom stereocenters. The minimum absolute atomic E-state index is 0. The van der Waals surface area contributed by atoms with E-state index < -0.39 is 17.5 Å². The second-order valence-corrected chi connectivity index (χ2v) is 12.4. The van der Waals surface area contributed by atoms with Crippen LogP contribution in [0.2, 0.25) is 0 Å². The summed E-state index contributed by atoms with van der Waals surface area (Å²) in [5, 5.41) is 17.3. The van der Waals surface area contributed by atoms with E-state index in [0.717, 1.165) is 56.3 Å². The number of carboxylic acids is 1. The number of aromatic nitrogens is 3. The number of carboxylic acid groups (broad SMARTS) is 1. The number of carbonyl (C=O) groups is 3. The lowest BCUT2D eigenvalue weighted by Gasteiger charge is -2.28. The van der Waals surface area contributed by atoms with E-state index in [-0.39, 0.29) is 29.7 Å². The number of carbonyl (C=O) groups excluding carboxylic acids is 2. The van der Waals surface area contributed by atoms with Crippen LogP contribution in [0.3, 0.4) is 0 Å². The maximum atomic E-state index is 12.0. The molecule has 4 N–H and O–H groups in total. The number of hydroxylamine groups is 2. The van der Waals surface area contributed by atoms with Crippen LogP contribution in [0.25, 0.3) is 0 Å². The third-order valence-corrected chi connectivity index (χ3v) is 7.60. The summed E-state index contributed by atoms with van der Waals surface area (Å²) in [6, 6.07) is 10.6. The minimum Gasteiger partial charge on any atom is -0.477 e. The Morgan fingerprint density at radius 1 is 0.654 bits per heavy atom. The third kappa shape index (κ3) is 13.5. The Bertz CT molecular complexity index is 1580. The van der Waals surface area contributed by atoms with Gasteiger partial charge in [0.15, 0.2) is 0 Å². The van der Waals surface area contributed by atoms with Gasteiger partial charge in [-0.2, -0.15) is 0 Å². The Kier molecular flexibility index (Phi) is 16.9. The molecular weight excluding hydrogens is 700 g/mol. The van der Waals surface area contributed by atoms with Crippen molar-refractivity contribution >= 4 is 47.3 Å². The van der Waals surface area contributed by atoms with E-state index in [1.54, 1.807) is 36.1 Å². The molecule has 0 radical (unpaired) electrons. The number of hydrogen-bond donors (Lipinski definition) is 4. The smallest absolute Gasteiger partial charge is 0.354 e. The van der Waals surface area contributed by atoms with Crippen LogP contribution < -0.4 is 25.7 Å². The van der Waals surface area contributed by atoms with E-state index in [1.807, 2.05) is 39.0 Å². The van der Waals surface area contributed by atoms with Crippen molar-refractivity contribution in [3.05, 3.63) is 72.1 Å². The van der Waals surface area contributed by atoms with Crippen LogP contribution in [0.5, 0.6) is 0 Å². The summed E-state index contributed by atoms with van der Waals surface area (Å²) in [5.74, 6) is -1.93. The molecule has 3 aliphatic heterocycles. The first-order chi connectivity index (χ1) is 24.5. The minimum atomic E-state index is -0.995. The summed E-state index contributed by atoms with van der Waals surface area (Å²) in [6.45, 7) is 14.6. The van der Waals surface area contributed by atoms with Gasteiger partial charge in [-0.3, -0.25) is 29.6 Å². The molecule has 284 valence electrons. The molecule has 3 aliphatic rings. The molecule has 2 amide bonds. The molecular formula is C34H47ClN8O9. The number of ether oxygens (including phenoxy) is 3. The van der Waals surface area contributed by atoms with Gasteiger partial charge in [-0.25, -0.2) is 20.7 Å². The largest absolute Gasteiger partial charge is 0.477 e. The van der Waals surface area contributed by atoms with Crippen molar-refractivity contribution in [2.75, 3.05) is 93.6 Å². The standard InChI is InChI=1S/C14H21N3O3.C10H13N3O3.C10H12N2O3.ClH/c1-14(2,3)20-16-13(18)12-10-11(4-5-15-12)17-6-8-19-9-7-17;14-10(12-15)9-7-8(1-2-11-9)13-3-5-16-6-4-13;13-10(14)9-7-8(1-2-11-9)12-3-5-15-6-4-12;/h4-5,10H,6-9H2,1-3H3,(H,16,18);1-2,7,15H,3-6H2,(H,12,14);1-2,7H,3-6H2,(H,13,14);1H. The van der Waals surface area contributed by atoms with Gasteiger partial charge in [0.05, 0.1) is 45.2 Å². The van der Waals surface area contributed by atoms with Gasteiger partial charge in [0.2, 0.25) is 0 Å². The van der Waals surface area contributed by atoms with E-state index in [4.69, 9.17) is 29.4 Å². The molecule has 0 aliphatic carbocycles. The molecule has 0 unspecified atom stereocenters. The van der Waals surface area contributed by atoms with Crippen LogP contribution in [-0.4, -0.2) is 128 Å². The molecule has 0 bridgehead atoms. The molecule has 3 fully saturated rings. The van der Waals surface area contributed by atoms with Crippen LogP contribution in [0, 0.1) is 0 Å². The first-order valence-electron chi connectivity index (χ1n) is 16.6. The number of halogens is 1. The topological polar surface area (TPSA) is 201 Å². The predicted molar refractivity (Wildman–Crippen MR) is 194 cm³/mol. The maximum Gasteiger partial charge on any atom is 0.354 e. The SMILES string of the molecule is CC(C)(C)ONC(=O)c1cc(N2CCOCC2)ccn1.Cl.O=C(NO)c1cc(N2CCOCC2)ccn1.O=C(O)c1cc(N2CCOCC2)ccn1. The molecule has 3 aromatic rings. The van der Waals surface area contributed by atoms with Crippen molar-refractivity contribution in [2.45, 2.75) is 26.4 Å². The van der Waals surface area contributed by atoms with Gasteiger partial charge in [-0.05, 0) is 57.2 Å². The fourth-order valence-corrected chi connectivity index (χ4v) is 4.99. The Hall–Kier alpha value is -4.65. The Morgan fingerprint density at radius 3 is 1.35 bits per heavy atom. The summed E-state index contributed by atoms with van der Waals surface area (Å²) < 4.78 is 15.8. The van der Waals surface area contributed by atoms with E-state index in [9.17, 15) is 14.4 Å². The monoisotopic (exact) mass is 746 g/mol. The number of nitrogens with one attached hydrogen (secondary N) is 2. The molecule has 17 nitrogen and oxygen atoms in total. The third-order valence-electron chi connectivity index (χ3n) is 7.60. The fourth-order valence-electron chi connectivity index (χ4n) is 4.99. The van der Waals surface area contributed by atoms with Gasteiger partial charge in [-0.15, -0.1) is 12.4 Å². The average Bonchev–Trinajstić information content (AvgIpc) is 3.18. The van der Waals surface area contributed by atoms with Gasteiger partial charge >= 0.3 is 5.97 Å². The maximum absolute atomic E-state index is 12.0. The summed E-state index contributed by atoms with van der Waals surface area (Å²) in [5.41, 5.74) is 6.97. The van der Waals surface area contributed by atoms with Gasteiger partial charge < -0.3 is 34.0 Å². The fraction of sp³-hybridized carbons (Fsp3) is 0.471. The number of rotatable bonds is 7. The second-order valence-electron chi connectivity index (χ2n) is 12.4. The summed E-state index contributed by atoms with van der Waals surface area (Å²) in [4.78, 5) is 57.3. The second kappa shape index (κ2) is 21.0. The lowest BCUT2D eigenvalue weighted by Crippen LogP contribution is -2.37. The van der Waals surface area contributed by atoms with E-state index in [1.165, 1.54) is 6.20 Å². The summed E-state index contributed by atoms with van der Waals surface area (Å²) >= 11 is 0. The highest BCUT2D eigenvalue weighted by Crippen LogP contribution is 2.18. The van der Waals surface area contributed by atoms with Crippen molar-refractivity contribution < 1.29 is 43.7 Å². The normalized spacial score (nSPS) is 15.8. The average molecular weight is 747 g/mol. The Labute approximate surface area is 308 Å². The molecule has 0 saturated carbocycles. The van der Waals surface area contributed by atoms with Crippen LogP contribution in [0.1, 0.15) is 52.2 Å². The molecule has 18 heteroatoms. The molecule has 6 heterocycles. The predicted octanol–water partition coefficient (Wildman–Crippen LogP) is 2.45. The zero-order valence-electron chi connectivity index (χ0n) is 29.5. The molecule has 3 saturated heterocycles. The molecule has 6 rings (SSSR count). The zero-order valence-corrected chi connectivity index (χ0v) is 30.3. The number of anilines is 3. The molecule has 3 aromatic heterocycles. The number of morpholine rings is 3. The lowest BCUT2D eigenvalue weighted by molar-refractivity contribution is -0.0591. The van der Waals surface area contributed by atoms with Gasteiger partial charge in [0, 0.05) is 74.9 Å². The van der Waals surface area contributed by atoms with Crippen molar-refractivity contribution in [3.63, 3.8) is 0 Å². The first-order valence-corrected chi connectivity index (χ1v) is 16.6. The highest BCUT2D eigenvalue weighted by molar-refractivity contribution is 5.93. The summed E-state index contributed by atoms with van der Waals surface area (Å²) in [6.07, 6.45) is 4.71. The zero-order chi connectivity index (χ0) is 36.6. The van der Waals surface area contributed by atoms with Crippen LogP contribution >= 0.6 is 12.4 Å². The van der Waals surface area contributed by atoms with Gasteiger partial charge in [0.1, 0.15) is 17.1 Å². The number of amides is 2. The van der Waals surface area contributed by atoms with E-state index in [2.05, 4.69) is 35.1 Å². The number of hydrogen-bond acceptors (Lipinski definition) is 14. The van der Waals surface area contributed by atoms with Crippen LogP contribution in [-0.2, 0) is 19.0 Å². The van der Waals surface area contributed by atoms with Crippen molar-refractivity contribution in [3.8, 4) is 0 Å². The van der Waals surface area contributed by atoms with E-state index >= 15 is 0 Å². The van der Waals surface area contributed by atoms with Crippen LogP contribution in [0.15, 0.2) is 55.0 Å². The number of pyridine rings is 3. The molecule has 52 heavy (non-hydrogen) atoms. The quantitative estimate of drug-likeness (QED) is 0.203. The highest BCUT2D eigenvalue weighted by Gasteiger charge is 2.18. The summed E-state index contributed by atoms with van der Waals surface area (Å²) in [7, 11) is 0. The highest BCUT2D eigenvalue weighted by atomic mass is 35.5. The molecule has 0 aromatic carbocycles. The van der Waals surface area contributed by atoms with Crippen molar-refractivity contribution in [1.82, 2.24) is 25.9 Å². The number of nitrogens with zero attached hydrogens (tertiary/aromatic N) is 6. The Morgan fingerprint density at radius 2 is 1.00 bits per heavy atom. The molecule has 0 spiro atoms.